The van der Waals surface area contributed by atoms with Crippen molar-refractivity contribution in [1.82, 2.24) is 15.2 Å². The molecular formula is C8H5Cl2N3O. The predicted octanol–water partition coefficient (Wildman–Crippen LogP) is 2.75. The summed E-state index contributed by atoms with van der Waals surface area (Å²) in [5.74, 6) is 0.820. The first-order chi connectivity index (χ1) is 6.66. The number of halogens is 2. The van der Waals surface area contributed by atoms with E-state index in [1.165, 1.54) is 6.20 Å². The third-order valence-electron chi connectivity index (χ3n) is 1.58. The summed E-state index contributed by atoms with van der Waals surface area (Å²) < 4.78 is 5.21. The molecule has 2 aromatic heterocycles. The van der Waals surface area contributed by atoms with Gasteiger partial charge in [0.05, 0.1) is 10.6 Å². The molecule has 0 amide bonds. The lowest BCUT2D eigenvalue weighted by Crippen LogP contribution is -1.82. The van der Waals surface area contributed by atoms with Crippen LogP contribution in [0.2, 0.25) is 10.2 Å². The molecular weight excluding hydrogens is 225 g/mol. The smallest absolute Gasteiger partial charge is 0.249 e. The highest BCUT2D eigenvalue weighted by Crippen LogP contribution is 2.27. The Morgan fingerprint density at radius 2 is 2.07 bits per heavy atom. The number of aryl methyl sites for hydroxylation is 1. The Bertz CT molecular complexity index is 469. The van der Waals surface area contributed by atoms with Crippen LogP contribution in [0.5, 0.6) is 0 Å². The Balaban J connectivity index is 2.55. The van der Waals surface area contributed by atoms with Gasteiger partial charge in [0.15, 0.2) is 0 Å². The van der Waals surface area contributed by atoms with Gasteiger partial charge in [-0.25, -0.2) is 4.98 Å². The molecule has 0 aliphatic heterocycles. The molecule has 14 heavy (non-hydrogen) atoms. The summed E-state index contributed by atoms with van der Waals surface area (Å²) in [4.78, 5) is 3.82. The highest BCUT2D eigenvalue weighted by molar-refractivity contribution is 6.34. The van der Waals surface area contributed by atoms with Crippen LogP contribution in [0.4, 0.5) is 0 Å². The summed E-state index contributed by atoms with van der Waals surface area (Å²) in [6.07, 6.45) is 1.44. The summed E-state index contributed by atoms with van der Waals surface area (Å²) in [6, 6.07) is 1.58. The van der Waals surface area contributed by atoms with Crippen molar-refractivity contribution in [2.75, 3.05) is 0 Å². The zero-order valence-corrected chi connectivity index (χ0v) is 8.67. The van der Waals surface area contributed by atoms with Gasteiger partial charge >= 0.3 is 0 Å². The zero-order chi connectivity index (χ0) is 10.1. The number of pyridine rings is 1. The van der Waals surface area contributed by atoms with Gasteiger partial charge in [0.2, 0.25) is 11.8 Å². The van der Waals surface area contributed by atoms with E-state index in [1.54, 1.807) is 13.0 Å². The molecule has 72 valence electrons. The van der Waals surface area contributed by atoms with Crippen molar-refractivity contribution in [2.24, 2.45) is 0 Å². The molecule has 0 aliphatic rings. The van der Waals surface area contributed by atoms with Gasteiger partial charge in [0.1, 0.15) is 5.15 Å². The van der Waals surface area contributed by atoms with Gasteiger partial charge in [-0.1, -0.05) is 23.2 Å². The van der Waals surface area contributed by atoms with Crippen LogP contribution in [0.25, 0.3) is 11.5 Å². The molecule has 0 saturated heterocycles. The summed E-state index contributed by atoms with van der Waals surface area (Å²) in [5, 5.41) is 8.29. The molecule has 0 saturated carbocycles. The third-order valence-corrected chi connectivity index (χ3v) is 2.09. The molecule has 0 unspecified atom stereocenters. The van der Waals surface area contributed by atoms with Crippen LogP contribution in [0.3, 0.4) is 0 Å². The number of aromatic nitrogens is 3. The zero-order valence-electron chi connectivity index (χ0n) is 7.16. The van der Waals surface area contributed by atoms with E-state index in [0.29, 0.717) is 27.5 Å². The Labute approximate surface area is 89.9 Å². The largest absolute Gasteiger partial charge is 0.421 e. The molecule has 0 bridgehead atoms. The van der Waals surface area contributed by atoms with Crippen molar-refractivity contribution in [1.29, 1.82) is 0 Å². The summed E-state index contributed by atoms with van der Waals surface area (Å²) in [7, 11) is 0. The van der Waals surface area contributed by atoms with Gasteiger partial charge < -0.3 is 4.42 Å². The Hall–Kier alpha value is -1.13. The van der Waals surface area contributed by atoms with Crippen molar-refractivity contribution in [2.45, 2.75) is 6.92 Å². The summed E-state index contributed by atoms with van der Waals surface area (Å²) in [5.41, 5.74) is 0.590. The Kier molecular flexibility index (Phi) is 2.39. The molecule has 0 atom stereocenters. The van der Waals surface area contributed by atoms with E-state index in [2.05, 4.69) is 15.2 Å². The highest BCUT2D eigenvalue weighted by atomic mass is 35.5. The van der Waals surface area contributed by atoms with Gasteiger partial charge in [-0.15, -0.1) is 10.2 Å². The van der Waals surface area contributed by atoms with Crippen LogP contribution < -0.4 is 0 Å². The van der Waals surface area contributed by atoms with Crippen LogP contribution >= 0.6 is 23.2 Å². The van der Waals surface area contributed by atoms with Crippen molar-refractivity contribution >= 4 is 23.2 Å². The minimum absolute atomic E-state index is 0.334. The molecule has 2 rings (SSSR count). The fourth-order valence-electron chi connectivity index (χ4n) is 0.982. The molecule has 0 radical (unpaired) electrons. The van der Waals surface area contributed by atoms with Crippen molar-refractivity contribution in [3.8, 4) is 11.5 Å². The second-order valence-electron chi connectivity index (χ2n) is 2.61. The second kappa shape index (κ2) is 3.55. The Morgan fingerprint density at radius 3 is 2.71 bits per heavy atom. The van der Waals surface area contributed by atoms with E-state index >= 15 is 0 Å². The van der Waals surface area contributed by atoms with E-state index in [9.17, 15) is 0 Å². The third kappa shape index (κ3) is 1.71. The highest BCUT2D eigenvalue weighted by Gasteiger charge is 2.11. The number of nitrogens with zero attached hydrogens (tertiary/aromatic N) is 3. The first kappa shape index (κ1) is 9.43. The van der Waals surface area contributed by atoms with E-state index in [4.69, 9.17) is 27.6 Å². The van der Waals surface area contributed by atoms with Gasteiger partial charge in [0, 0.05) is 13.1 Å². The maximum atomic E-state index is 5.89. The lowest BCUT2D eigenvalue weighted by Gasteiger charge is -1.97. The van der Waals surface area contributed by atoms with Gasteiger partial charge in [-0.3, -0.25) is 0 Å². The molecule has 0 aromatic carbocycles. The van der Waals surface area contributed by atoms with Crippen LogP contribution in [0.1, 0.15) is 5.89 Å². The molecule has 4 nitrogen and oxygen atoms in total. The van der Waals surface area contributed by atoms with Crippen molar-refractivity contribution in [3.63, 3.8) is 0 Å². The minimum Gasteiger partial charge on any atom is -0.421 e. The molecule has 0 spiro atoms. The molecule has 2 heterocycles. The van der Waals surface area contributed by atoms with Crippen LogP contribution in [0, 0.1) is 6.92 Å². The average molecular weight is 230 g/mol. The van der Waals surface area contributed by atoms with Gasteiger partial charge in [0.25, 0.3) is 0 Å². The number of hydrogen-bond donors (Lipinski definition) is 0. The fraction of sp³-hybridized carbons (Fsp3) is 0.125. The summed E-state index contributed by atoms with van der Waals surface area (Å²) >= 11 is 11.6. The molecule has 0 N–H and O–H groups in total. The average Bonchev–Trinajstić information content (AvgIpc) is 2.56. The Morgan fingerprint density at radius 1 is 1.29 bits per heavy atom. The molecule has 0 fully saturated rings. The van der Waals surface area contributed by atoms with Crippen LogP contribution in [-0.2, 0) is 0 Å². The number of rotatable bonds is 1. The fourth-order valence-corrected chi connectivity index (χ4v) is 1.32. The first-order valence-electron chi connectivity index (χ1n) is 3.78. The van der Waals surface area contributed by atoms with E-state index in [0.717, 1.165) is 0 Å². The lowest BCUT2D eigenvalue weighted by molar-refractivity contribution is 0.532. The van der Waals surface area contributed by atoms with E-state index in [1.807, 2.05) is 0 Å². The topological polar surface area (TPSA) is 51.8 Å². The van der Waals surface area contributed by atoms with Gasteiger partial charge in [-0.05, 0) is 6.07 Å². The summed E-state index contributed by atoms with van der Waals surface area (Å²) in [6.45, 7) is 1.70. The van der Waals surface area contributed by atoms with E-state index in [-0.39, 0.29) is 0 Å². The maximum Gasteiger partial charge on any atom is 0.249 e. The monoisotopic (exact) mass is 229 g/mol. The molecule has 6 heteroatoms. The number of hydrogen-bond acceptors (Lipinski definition) is 4. The van der Waals surface area contributed by atoms with Crippen molar-refractivity contribution < 1.29 is 4.42 Å². The molecule has 0 aliphatic carbocycles. The maximum absolute atomic E-state index is 5.89. The van der Waals surface area contributed by atoms with Crippen LogP contribution in [-0.4, -0.2) is 15.2 Å². The van der Waals surface area contributed by atoms with Crippen molar-refractivity contribution in [3.05, 3.63) is 28.3 Å². The molecule has 2 aromatic rings. The van der Waals surface area contributed by atoms with Crippen LogP contribution in [0.15, 0.2) is 16.7 Å². The lowest BCUT2D eigenvalue weighted by atomic mass is 10.3. The second-order valence-corrected chi connectivity index (χ2v) is 3.41. The SMILES string of the molecule is Cc1nnc(-c2cc(Cl)ncc2Cl)o1. The minimum atomic E-state index is 0.334. The predicted molar refractivity (Wildman–Crippen MR) is 52.3 cm³/mol. The van der Waals surface area contributed by atoms with Gasteiger partial charge in [-0.2, -0.15) is 0 Å². The first-order valence-corrected chi connectivity index (χ1v) is 4.54. The standard InChI is InChI=1S/C8H5Cl2N3O/c1-4-12-13-8(14-4)5-2-7(10)11-3-6(5)9/h2-3H,1H3. The van der Waals surface area contributed by atoms with E-state index < -0.39 is 0 Å². The quantitative estimate of drug-likeness (QED) is 0.706. The normalized spacial score (nSPS) is 10.5.